The van der Waals surface area contributed by atoms with E-state index in [1.807, 2.05) is 25.1 Å². The van der Waals surface area contributed by atoms with Gasteiger partial charge in [0.25, 0.3) is 5.91 Å². The molecule has 0 aliphatic carbocycles. The van der Waals surface area contributed by atoms with Gasteiger partial charge in [0.2, 0.25) is 0 Å². The summed E-state index contributed by atoms with van der Waals surface area (Å²) in [6.07, 6.45) is 3.57. The molecule has 5 nitrogen and oxygen atoms in total. The summed E-state index contributed by atoms with van der Waals surface area (Å²) in [6.45, 7) is 7.72. The zero-order valence-electron chi connectivity index (χ0n) is 19.9. The lowest BCUT2D eigenvalue weighted by Gasteiger charge is -2.15. The molecule has 8 heteroatoms. The first-order chi connectivity index (χ1) is 16.3. The number of carbonyl (C=O) groups excluding carboxylic acids is 1. The van der Waals surface area contributed by atoms with Crippen LogP contribution in [0.4, 0.5) is 0 Å². The number of hydrogen-bond donors (Lipinski definition) is 0. The van der Waals surface area contributed by atoms with Crippen LogP contribution in [0, 0.1) is 0 Å². The number of thioether (sulfide) groups is 1. The maximum Gasteiger partial charge on any atom is 0.265 e. The lowest BCUT2D eigenvalue weighted by atomic mass is 9.99. The maximum absolute atomic E-state index is 12.3. The fourth-order valence-electron chi connectivity index (χ4n) is 3.32. The molecule has 1 aliphatic rings. The van der Waals surface area contributed by atoms with E-state index in [2.05, 4.69) is 26.0 Å². The summed E-state index contributed by atoms with van der Waals surface area (Å²) in [5.74, 6) is 2.29. The van der Waals surface area contributed by atoms with Crippen LogP contribution in [0.25, 0.3) is 6.08 Å². The molecule has 0 unspecified atom stereocenters. The van der Waals surface area contributed by atoms with Crippen LogP contribution < -0.4 is 14.2 Å². The molecule has 0 bridgehead atoms. The number of halogens is 1. The van der Waals surface area contributed by atoms with Crippen LogP contribution in [0.15, 0.2) is 41.3 Å². The number of hydrogen-bond acceptors (Lipinski definition) is 6. The number of ether oxygens (including phenoxy) is 3. The zero-order valence-corrected chi connectivity index (χ0v) is 22.3. The van der Waals surface area contributed by atoms with Gasteiger partial charge in [-0.15, -0.1) is 0 Å². The highest BCUT2D eigenvalue weighted by Crippen LogP contribution is 2.39. The molecule has 2 aromatic rings. The highest BCUT2D eigenvalue weighted by Gasteiger charge is 2.28. The van der Waals surface area contributed by atoms with Gasteiger partial charge in [-0.3, -0.25) is 9.69 Å². The van der Waals surface area contributed by atoms with Crippen LogP contribution in [0.3, 0.4) is 0 Å². The highest BCUT2D eigenvalue weighted by atomic mass is 35.5. The first-order valence-electron chi connectivity index (χ1n) is 11.4. The third-order valence-electron chi connectivity index (χ3n) is 5.48. The molecule has 0 saturated carbocycles. The quantitative estimate of drug-likeness (QED) is 0.182. The number of carbonyl (C=O) groups is 1. The molecule has 0 aromatic heterocycles. The Morgan fingerprint density at radius 1 is 1.12 bits per heavy atom. The van der Waals surface area contributed by atoms with Gasteiger partial charge in [0.1, 0.15) is 10.1 Å². The Hall–Kier alpha value is -2.22. The molecule has 1 fully saturated rings. The van der Waals surface area contributed by atoms with Crippen LogP contribution in [0.1, 0.15) is 50.7 Å². The lowest BCUT2D eigenvalue weighted by Crippen LogP contribution is -2.22. The highest BCUT2D eigenvalue weighted by molar-refractivity contribution is 8.26. The van der Waals surface area contributed by atoms with E-state index in [9.17, 15) is 4.79 Å². The van der Waals surface area contributed by atoms with E-state index in [4.69, 9.17) is 38.0 Å². The minimum atomic E-state index is -0.126. The molecule has 1 amide bonds. The fourth-order valence-corrected chi connectivity index (χ4v) is 4.78. The smallest absolute Gasteiger partial charge is 0.265 e. The van der Waals surface area contributed by atoms with Crippen molar-refractivity contribution >= 4 is 51.9 Å². The summed E-state index contributed by atoms with van der Waals surface area (Å²) in [6, 6.07) is 11.8. The van der Waals surface area contributed by atoms with Gasteiger partial charge < -0.3 is 14.2 Å². The predicted molar refractivity (Wildman–Crippen MR) is 144 cm³/mol. The zero-order chi connectivity index (χ0) is 24.7. The van der Waals surface area contributed by atoms with Gasteiger partial charge in [0.15, 0.2) is 11.5 Å². The van der Waals surface area contributed by atoms with E-state index in [1.54, 1.807) is 19.2 Å². The van der Waals surface area contributed by atoms with Crippen molar-refractivity contribution in [1.29, 1.82) is 0 Å². The average molecular weight is 520 g/mol. The average Bonchev–Trinajstić information content (AvgIpc) is 3.06. The molecule has 2 aromatic carbocycles. The van der Waals surface area contributed by atoms with E-state index in [0.717, 1.165) is 17.7 Å². The predicted octanol–water partition coefficient (Wildman–Crippen LogP) is 6.93. The third-order valence-corrected chi connectivity index (χ3v) is 7.25. The molecular weight excluding hydrogens is 490 g/mol. The summed E-state index contributed by atoms with van der Waals surface area (Å²) in [5.41, 5.74) is 2.07. The van der Waals surface area contributed by atoms with Crippen molar-refractivity contribution in [3.63, 3.8) is 0 Å². The molecule has 1 saturated heterocycles. The number of thiocarbonyl (C=S) groups is 1. The normalized spacial score (nSPS) is 15.7. The van der Waals surface area contributed by atoms with E-state index < -0.39 is 0 Å². The Kier molecular flexibility index (Phi) is 9.68. The van der Waals surface area contributed by atoms with E-state index in [0.29, 0.717) is 57.9 Å². The molecule has 1 aliphatic heterocycles. The van der Waals surface area contributed by atoms with Crippen LogP contribution in [-0.2, 0) is 4.79 Å². The van der Waals surface area contributed by atoms with Gasteiger partial charge in [-0.2, -0.15) is 0 Å². The number of likely N-dealkylation sites (N-methyl/N-ethyl adjacent to an activating group) is 1. The summed E-state index contributed by atoms with van der Waals surface area (Å²) < 4.78 is 18.1. The van der Waals surface area contributed by atoms with Crippen molar-refractivity contribution in [3.05, 3.63) is 57.5 Å². The van der Waals surface area contributed by atoms with E-state index in [-0.39, 0.29) is 5.91 Å². The van der Waals surface area contributed by atoms with Gasteiger partial charge in [-0.05, 0) is 60.7 Å². The molecule has 3 rings (SSSR count). The van der Waals surface area contributed by atoms with Gasteiger partial charge >= 0.3 is 0 Å². The number of nitrogens with zero attached hydrogens (tertiary/aromatic N) is 1. The van der Waals surface area contributed by atoms with Gasteiger partial charge in [-0.25, -0.2) is 0 Å². The van der Waals surface area contributed by atoms with Crippen LogP contribution >= 0.6 is 35.6 Å². The van der Waals surface area contributed by atoms with E-state index >= 15 is 0 Å². The largest absolute Gasteiger partial charge is 0.493 e. The first-order valence-corrected chi connectivity index (χ1v) is 13.0. The van der Waals surface area contributed by atoms with Gasteiger partial charge in [-0.1, -0.05) is 61.6 Å². The molecule has 0 N–H and O–H groups in total. The third kappa shape index (κ3) is 6.68. The minimum absolute atomic E-state index is 0.126. The lowest BCUT2D eigenvalue weighted by molar-refractivity contribution is -0.121. The molecule has 0 spiro atoms. The van der Waals surface area contributed by atoms with Gasteiger partial charge in [0.05, 0.1) is 29.7 Å². The SMILES string of the molecule is CCOc1cc(/C=C2/SC(=S)N(C)C2=O)cc(Cl)c1OCCCOc1ccc([C@H](C)CC)cc1. The van der Waals surface area contributed by atoms with Crippen molar-refractivity contribution in [1.82, 2.24) is 4.90 Å². The minimum Gasteiger partial charge on any atom is -0.493 e. The number of amides is 1. The van der Waals surface area contributed by atoms with Crippen molar-refractivity contribution in [3.8, 4) is 17.2 Å². The second kappa shape index (κ2) is 12.5. The van der Waals surface area contributed by atoms with Crippen molar-refractivity contribution in [2.75, 3.05) is 26.9 Å². The Morgan fingerprint density at radius 3 is 2.44 bits per heavy atom. The fraction of sp³-hybridized carbons (Fsp3) is 0.385. The Morgan fingerprint density at radius 2 is 1.82 bits per heavy atom. The molecule has 1 heterocycles. The second-order valence-corrected chi connectivity index (χ2v) is 10.0. The number of benzene rings is 2. The van der Waals surface area contributed by atoms with Crippen molar-refractivity contribution < 1.29 is 19.0 Å². The molecule has 34 heavy (non-hydrogen) atoms. The summed E-state index contributed by atoms with van der Waals surface area (Å²) in [5, 5.41) is 0.422. The molecular formula is C26H30ClNO4S2. The topological polar surface area (TPSA) is 48.0 Å². The second-order valence-electron chi connectivity index (χ2n) is 7.93. The maximum atomic E-state index is 12.3. The molecule has 1 atom stereocenters. The van der Waals surface area contributed by atoms with Crippen molar-refractivity contribution in [2.45, 2.75) is 39.5 Å². The summed E-state index contributed by atoms with van der Waals surface area (Å²) >= 11 is 13.0. The van der Waals surface area contributed by atoms with E-state index in [1.165, 1.54) is 22.2 Å². The summed E-state index contributed by atoms with van der Waals surface area (Å²) in [7, 11) is 1.67. The molecule has 182 valence electrons. The monoisotopic (exact) mass is 519 g/mol. The Balaban J connectivity index is 1.59. The van der Waals surface area contributed by atoms with Crippen LogP contribution in [0.2, 0.25) is 5.02 Å². The molecule has 0 radical (unpaired) electrons. The van der Waals surface area contributed by atoms with Crippen LogP contribution in [-0.4, -0.2) is 42.0 Å². The standard InChI is InChI=1S/C26H30ClNO4S2/c1-5-17(3)19-8-10-20(11-9-19)31-12-7-13-32-24-21(27)14-18(15-22(24)30-6-2)16-23-25(29)28(4)26(33)34-23/h8-11,14-17H,5-7,12-13H2,1-4H3/b23-16+/t17-/m1/s1. The summed E-state index contributed by atoms with van der Waals surface area (Å²) in [4.78, 5) is 14.3. The van der Waals surface area contributed by atoms with Crippen molar-refractivity contribution in [2.24, 2.45) is 0 Å². The Labute approximate surface area is 216 Å². The van der Waals surface area contributed by atoms with Crippen LogP contribution in [0.5, 0.6) is 17.2 Å². The number of rotatable bonds is 11. The van der Waals surface area contributed by atoms with Gasteiger partial charge in [0, 0.05) is 13.5 Å². The first kappa shape index (κ1) is 26.4. The Bertz CT molecular complexity index is 1060.